The van der Waals surface area contributed by atoms with E-state index in [1.54, 1.807) is 12.1 Å². The number of benzene rings is 2. The van der Waals surface area contributed by atoms with Gasteiger partial charge in [-0.2, -0.15) is 0 Å². The number of nitrogens with one attached hydrogen (secondary N) is 1. The SMILES string of the molecule is O=CN[C@@H](CCc1ccccc1)C(=O)c1nc2ccccc2o1.[HH]. The predicted molar refractivity (Wildman–Crippen MR) is 88.2 cm³/mol. The minimum Gasteiger partial charge on any atom is -0.434 e. The molecule has 0 radical (unpaired) electrons. The molecule has 0 fully saturated rings. The summed E-state index contributed by atoms with van der Waals surface area (Å²) in [6, 6.07) is 16.3. The number of fused-ring (bicyclic) bond motifs is 1. The number of ketones is 1. The molecule has 0 aliphatic rings. The number of amides is 1. The molecule has 1 amide bonds. The Morgan fingerprint density at radius 3 is 2.65 bits per heavy atom. The molecule has 3 rings (SSSR count). The highest BCUT2D eigenvalue weighted by Gasteiger charge is 2.24. The second-order valence-electron chi connectivity index (χ2n) is 5.21. The van der Waals surface area contributed by atoms with Crippen LogP contribution in [0.15, 0.2) is 59.0 Å². The molecular weight excluding hydrogens is 292 g/mol. The second kappa shape index (κ2) is 6.87. The van der Waals surface area contributed by atoms with Crippen molar-refractivity contribution < 1.29 is 15.4 Å². The van der Waals surface area contributed by atoms with Crippen molar-refractivity contribution in [2.45, 2.75) is 18.9 Å². The highest BCUT2D eigenvalue weighted by Crippen LogP contribution is 2.17. The van der Waals surface area contributed by atoms with Crippen LogP contribution in [-0.4, -0.2) is 23.2 Å². The van der Waals surface area contributed by atoms with Crippen LogP contribution in [0.5, 0.6) is 0 Å². The Bertz CT molecular complexity index is 784. The first-order valence-electron chi connectivity index (χ1n) is 7.41. The lowest BCUT2D eigenvalue weighted by Crippen LogP contribution is -2.36. The van der Waals surface area contributed by atoms with Gasteiger partial charge in [0.2, 0.25) is 12.2 Å². The second-order valence-corrected chi connectivity index (χ2v) is 5.21. The summed E-state index contributed by atoms with van der Waals surface area (Å²) in [4.78, 5) is 27.6. The van der Waals surface area contributed by atoms with Gasteiger partial charge < -0.3 is 9.73 Å². The number of oxazole rings is 1. The fourth-order valence-electron chi connectivity index (χ4n) is 2.45. The first-order chi connectivity index (χ1) is 11.3. The van der Waals surface area contributed by atoms with Crippen molar-refractivity contribution in [1.82, 2.24) is 10.3 Å². The lowest BCUT2D eigenvalue weighted by molar-refractivity contribution is -0.110. The van der Waals surface area contributed by atoms with E-state index in [0.29, 0.717) is 30.4 Å². The van der Waals surface area contributed by atoms with Crippen LogP contribution >= 0.6 is 0 Å². The van der Waals surface area contributed by atoms with E-state index in [2.05, 4.69) is 10.3 Å². The van der Waals surface area contributed by atoms with E-state index in [1.165, 1.54) is 0 Å². The number of nitrogens with zero attached hydrogens (tertiary/aromatic N) is 1. The van der Waals surface area contributed by atoms with Crippen LogP contribution in [0.1, 0.15) is 24.1 Å². The van der Waals surface area contributed by atoms with Gasteiger partial charge in [0.15, 0.2) is 5.58 Å². The van der Waals surface area contributed by atoms with Crippen molar-refractivity contribution in [3.63, 3.8) is 0 Å². The highest BCUT2D eigenvalue weighted by atomic mass is 16.4. The smallest absolute Gasteiger partial charge is 0.266 e. The molecule has 0 bridgehead atoms. The molecule has 1 atom stereocenters. The summed E-state index contributed by atoms with van der Waals surface area (Å²) in [5.74, 6) is -0.289. The number of aromatic nitrogens is 1. The van der Waals surface area contributed by atoms with E-state index in [0.717, 1.165) is 5.56 Å². The molecule has 23 heavy (non-hydrogen) atoms. The van der Waals surface area contributed by atoms with Gasteiger partial charge in [0.25, 0.3) is 5.89 Å². The molecule has 0 saturated carbocycles. The summed E-state index contributed by atoms with van der Waals surface area (Å²) in [6.45, 7) is 0. The van der Waals surface area contributed by atoms with Gasteiger partial charge >= 0.3 is 0 Å². The molecule has 118 valence electrons. The number of Topliss-reactive ketones (excluding diaryl/α,β-unsaturated/α-hetero) is 1. The molecule has 3 aromatic rings. The Morgan fingerprint density at radius 2 is 1.91 bits per heavy atom. The van der Waals surface area contributed by atoms with E-state index in [1.807, 2.05) is 42.5 Å². The quantitative estimate of drug-likeness (QED) is 0.538. The van der Waals surface area contributed by atoms with Crippen molar-refractivity contribution >= 4 is 23.3 Å². The molecule has 0 unspecified atom stereocenters. The highest BCUT2D eigenvalue weighted by molar-refractivity contribution is 5.98. The summed E-state index contributed by atoms with van der Waals surface area (Å²) in [5, 5.41) is 2.57. The largest absolute Gasteiger partial charge is 0.434 e. The van der Waals surface area contributed by atoms with E-state index in [4.69, 9.17) is 4.42 Å². The zero-order valence-electron chi connectivity index (χ0n) is 12.4. The van der Waals surface area contributed by atoms with Crippen LogP contribution in [0, 0.1) is 0 Å². The Hall–Kier alpha value is -2.95. The predicted octanol–water partition coefficient (Wildman–Crippen LogP) is 3.00. The number of rotatable bonds is 7. The molecule has 1 heterocycles. The summed E-state index contributed by atoms with van der Waals surface area (Å²) in [6.07, 6.45) is 1.70. The summed E-state index contributed by atoms with van der Waals surface area (Å²) in [7, 11) is 0. The van der Waals surface area contributed by atoms with Crippen molar-refractivity contribution in [2.75, 3.05) is 0 Å². The van der Waals surface area contributed by atoms with E-state index < -0.39 is 6.04 Å². The maximum absolute atomic E-state index is 12.5. The van der Waals surface area contributed by atoms with Gasteiger partial charge in [0, 0.05) is 1.43 Å². The van der Waals surface area contributed by atoms with Crippen LogP contribution < -0.4 is 5.32 Å². The standard InChI is InChI=1S/C18H16N2O3.H2/c21-12-19-15(11-10-13-6-2-1-3-7-13)17(22)18-20-14-8-4-5-9-16(14)23-18;/h1-9,12,15H,10-11H2,(H,19,21);1H/t15-;/m0./s1. The van der Waals surface area contributed by atoms with Gasteiger partial charge in [-0.25, -0.2) is 4.98 Å². The maximum Gasteiger partial charge on any atom is 0.266 e. The molecule has 1 N–H and O–H groups in total. The fourth-order valence-corrected chi connectivity index (χ4v) is 2.45. The van der Waals surface area contributed by atoms with Gasteiger partial charge in [-0.3, -0.25) is 9.59 Å². The summed E-state index contributed by atoms with van der Waals surface area (Å²) in [5.41, 5.74) is 2.29. The lowest BCUT2D eigenvalue weighted by Gasteiger charge is -2.12. The molecule has 0 aliphatic carbocycles. The van der Waals surface area contributed by atoms with Crippen molar-refractivity contribution in [2.24, 2.45) is 0 Å². The van der Waals surface area contributed by atoms with E-state index >= 15 is 0 Å². The normalized spacial score (nSPS) is 12.0. The minimum absolute atomic E-state index is 0. The first kappa shape index (κ1) is 15.0. The Kier molecular flexibility index (Phi) is 4.47. The molecule has 0 saturated heterocycles. The average molecular weight is 310 g/mol. The van der Waals surface area contributed by atoms with Crippen LogP contribution in [0.2, 0.25) is 0 Å². The van der Waals surface area contributed by atoms with Crippen LogP contribution in [0.25, 0.3) is 11.1 Å². The number of hydrogen-bond acceptors (Lipinski definition) is 4. The number of aryl methyl sites for hydroxylation is 1. The summed E-state index contributed by atoms with van der Waals surface area (Å²) < 4.78 is 5.49. The Balaban J connectivity index is 0.00000208. The molecule has 0 spiro atoms. The zero-order chi connectivity index (χ0) is 16.1. The summed E-state index contributed by atoms with van der Waals surface area (Å²) >= 11 is 0. The lowest BCUT2D eigenvalue weighted by atomic mass is 10.0. The molecule has 0 aliphatic heterocycles. The number of hydrogen-bond donors (Lipinski definition) is 1. The number of carbonyl (C=O) groups excluding carboxylic acids is 2. The zero-order valence-corrected chi connectivity index (χ0v) is 12.4. The third-order valence-electron chi connectivity index (χ3n) is 3.65. The third kappa shape index (κ3) is 3.45. The van der Waals surface area contributed by atoms with E-state index in [9.17, 15) is 9.59 Å². The Morgan fingerprint density at radius 1 is 1.17 bits per heavy atom. The van der Waals surface area contributed by atoms with Crippen molar-refractivity contribution in [3.8, 4) is 0 Å². The molecule has 5 nitrogen and oxygen atoms in total. The van der Waals surface area contributed by atoms with Gasteiger partial charge in [-0.05, 0) is 30.5 Å². The van der Waals surface area contributed by atoms with Crippen LogP contribution in [0.4, 0.5) is 0 Å². The van der Waals surface area contributed by atoms with Crippen molar-refractivity contribution in [3.05, 3.63) is 66.1 Å². The fraction of sp³-hybridized carbons (Fsp3) is 0.167. The maximum atomic E-state index is 12.5. The third-order valence-corrected chi connectivity index (χ3v) is 3.65. The van der Waals surface area contributed by atoms with Crippen LogP contribution in [-0.2, 0) is 11.2 Å². The molecule has 2 aromatic carbocycles. The number of para-hydroxylation sites is 2. The van der Waals surface area contributed by atoms with Gasteiger partial charge in [-0.15, -0.1) is 0 Å². The monoisotopic (exact) mass is 310 g/mol. The minimum atomic E-state index is -0.652. The van der Waals surface area contributed by atoms with E-state index in [-0.39, 0.29) is 13.1 Å². The van der Waals surface area contributed by atoms with Crippen LogP contribution in [0.3, 0.4) is 0 Å². The van der Waals surface area contributed by atoms with Gasteiger partial charge in [0.05, 0.1) is 6.04 Å². The van der Waals surface area contributed by atoms with Gasteiger partial charge in [-0.1, -0.05) is 42.5 Å². The first-order valence-corrected chi connectivity index (χ1v) is 7.41. The Labute approximate surface area is 134 Å². The average Bonchev–Trinajstić information content (AvgIpc) is 3.03. The topological polar surface area (TPSA) is 72.2 Å². The molecule has 1 aromatic heterocycles. The van der Waals surface area contributed by atoms with Gasteiger partial charge in [0.1, 0.15) is 5.52 Å². The van der Waals surface area contributed by atoms with Crippen molar-refractivity contribution in [1.29, 1.82) is 0 Å². The molecular formula is C18H18N2O3. The molecule has 5 heteroatoms. The number of carbonyl (C=O) groups is 2.